The van der Waals surface area contributed by atoms with Gasteiger partial charge in [0.1, 0.15) is 0 Å². The summed E-state index contributed by atoms with van der Waals surface area (Å²) in [7, 11) is 2.09. The van der Waals surface area contributed by atoms with Gasteiger partial charge in [-0.1, -0.05) is 36.4 Å². The fourth-order valence-corrected chi connectivity index (χ4v) is 2.71. The predicted molar refractivity (Wildman–Crippen MR) is 81.0 cm³/mol. The van der Waals surface area contributed by atoms with Gasteiger partial charge in [-0.15, -0.1) is 0 Å². The van der Waals surface area contributed by atoms with Crippen LogP contribution in [-0.2, 0) is 0 Å². The van der Waals surface area contributed by atoms with Crippen LogP contribution >= 0.6 is 0 Å². The maximum atomic E-state index is 12.3. The molecule has 1 N–H and O–H groups in total. The van der Waals surface area contributed by atoms with Crippen LogP contribution in [0.5, 0.6) is 0 Å². The predicted octanol–water partition coefficient (Wildman–Crippen LogP) is 3.00. The standard InChI is InChI=1S/C17H18N2O/c1-19-12-11-15(14-9-5-6-10-16(14)19)18-17(20)13-7-3-2-4-8-13/h2-10,15H,11-12H2,1H3,(H,18,20). The Labute approximate surface area is 119 Å². The molecule has 1 atom stereocenters. The van der Waals surface area contributed by atoms with Gasteiger partial charge in [0, 0.05) is 24.8 Å². The lowest BCUT2D eigenvalue weighted by Gasteiger charge is -2.33. The fraction of sp³-hybridized carbons (Fsp3) is 0.235. The number of carbonyl (C=O) groups excluding carboxylic acids is 1. The van der Waals surface area contributed by atoms with Crippen LogP contribution in [0, 0.1) is 0 Å². The van der Waals surface area contributed by atoms with Gasteiger partial charge >= 0.3 is 0 Å². The summed E-state index contributed by atoms with van der Waals surface area (Å²) in [4.78, 5) is 14.5. The Morgan fingerprint density at radius 2 is 1.80 bits per heavy atom. The van der Waals surface area contributed by atoms with E-state index >= 15 is 0 Å². The zero-order chi connectivity index (χ0) is 13.9. The molecule has 102 valence electrons. The number of carbonyl (C=O) groups is 1. The third kappa shape index (κ3) is 2.39. The summed E-state index contributed by atoms with van der Waals surface area (Å²) in [5, 5.41) is 3.15. The summed E-state index contributed by atoms with van der Waals surface area (Å²) < 4.78 is 0. The summed E-state index contributed by atoms with van der Waals surface area (Å²) in [5.41, 5.74) is 3.12. The molecule has 20 heavy (non-hydrogen) atoms. The van der Waals surface area contributed by atoms with Gasteiger partial charge in [0.2, 0.25) is 0 Å². The molecule has 3 rings (SSSR count). The smallest absolute Gasteiger partial charge is 0.251 e. The number of anilines is 1. The largest absolute Gasteiger partial charge is 0.374 e. The van der Waals surface area contributed by atoms with E-state index in [9.17, 15) is 4.79 Å². The van der Waals surface area contributed by atoms with Crippen LogP contribution in [0.2, 0.25) is 0 Å². The highest BCUT2D eigenvalue weighted by Gasteiger charge is 2.24. The second kappa shape index (κ2) is 5.37. The minimum atomic E-state index is -0.00467. The zero-order valence-corrected chi connectivity index (χ0v) is 11.5. The lowest BCUT2D eigenvalue weighted by molar-refractivity contribution is 0.0934. The van der Waals surface area contributed by atoms with Crippen molar-refractivity contribution in [2.24, 2.45) is 0 Å². The van der Waals surface area contributed by atoms with Crippen LogP contribution in [0.25, 0.3) is 0 Å². The first-order valence-corrected chi connectivity index (χ1v) is 6.91. The number of para-hydroxylation sites is 1. The van der Waals surface area contributed by atoms with Crippen molar-refractivity contribution in [2.45, 2.75) is 12.5 Å². The Hall–Kier alpha value is -2.29. The first kappa shape index (κ1) is 12.7. The van der Waals surface area contributed by atoms with Gasteiger partial charge < -0.3 is 10.2 Å². The molecule has 2 aromatic carbocycles. The maximum absolute atomic E-state index is 12.3. The SMILES string of the molecule is CN1CCC(NC(=O)c2ccccc2)c2ccccc21. The van der Waals surface area contributed by atoms with Gasteiger partial charge in [-0.3, -0.25) is 4.79 Å². The van der Waals surface area contributed by atoms with Crippen molar-refractivity contribution >= 4 is 11.6 Å². The van der Waals surface area contributed by atoms with E-state index in [-0.39, 0.29) is 11.9 Å². The summed E-state index contributed by atoms with van der Waals surface area (Å²) in [5.74, 6) is -0.00467. The Morgan fingerprint density at radius 1 is 1.10 bits per heavy atom. The molecular weight excluding hydrogens is 248 g/mol. The second-order valence-corrected chi connectivity index (χ2v) is 5.16. The van der Waals surface area contributed by atoms with Crippen molar-refractivity contribution in [1.29, 1.82) is 0 Å². The van der Waals surface area contributed by atoms with Crippen LogP contribution in [0.3, 0.4) is 0 Å². The number of benzene rings is 2. The fourth-order valence-electron chi connectivity index (χ4n) is 2.71. The number of fused-ring (bicyclic) bond motifs is 1. The second-order valence-electron chi connectivity index (χ2n) is 5.16. The van der Waals surface area contributed by atoms with E-state index in [1.165, 1.54) is 11.3 Å². The number of rotatable bonds is 2. The maximum Gasteiger partial charge on any atom is 0.251 e. The number of hydrogen-bond donors (Lipinski definition) is 1. The average Bonchev–Trinajstić information content (AvgIpc) is 2.51. The highest BCUT2D eigenvalue weighted by atomic mass is 16.1. The first-order valence-electron chi connectivity index (χ1n) is 6.91. The quantitative estimate of drug-likeness (QED) is 0.906. The van der Waals surface area contributed by atoms with Gasteiger partial charge in [0.15, 0.2) is 0 Å². The molecule has 0 spiro atoms. The lowest BCUT2D eigenvalue weighted by atomic mass is 9.96. The molecule has 0 radical (unpaired) electrons. The van der Waals surface area contributed by atoms with E-state index < -0.39 is 0 Å². The molecule has 2 aromatic rings. The molecule has 1 unspecified atom stereocenters. The molecule has 0 fully saturated rings. The van der Waals surface area contributed by atoms with Crippen molar-refractivity contribution in [1.82, 2.24) is 5.32 Å². The average molecular weight is 266 g/mol. The molecule has 0 bridgehead atoms. The number of hydrogen-bond acceptors (Lipinski definition) is 2. The van der Waals surface area contributed by atoms with Gasteiger partial charge in [0.25, 0.3) is 5.91 Å². The Balaban J connectivity index is 1.82. The molecule has 0 aromatic heterocycles. The van der Waals surface area contributed by atoms with Gasteiger partial charge in [-0.2, -0.15) is 0 Å². The number of nitrogens with one attached hydrogen (secondary N) is 1. The van der Waals surface area contributed by atoms with Crippen LogP contribution in [0.15, 0.2) is 54.6 Å². The lowest BCUT2D eigenvalue weighted by Crippen LogP contribution is -2.36. The zero-order valence-electron chi connectivity index (χ0n) is 11.5. The van der Waals surface area contributed by atoms with Crippen LogP contribution in [0.1, 0.15) is 28.4 Å². The normalized spacial score (nSPS) is 17.4. The first-order chi connectivity index (χ1) is 9.75. The molecule has 0 saturated carbocycles. The number of amides is 1. The molecule has 1 aliphatic rings. The van der Waals surface area contributed by atoms with Crippen LogP contribution in [0.4, 0.5) is 5.69 Å². The van der Waals surface area contributed by atoms with Gasteiger partial charge in [0.05, 0.1) is 6.04 Å². The van der Waals surface area contributed by atoms with Crippen molar-refractivity contribution in [3.05, 3.63) is 65.7 Å². The van der Waals surface area contributed by atoms with Crippen molar-refractivity contribution in [3.63, 3.8) is 0 Å². The highest BCUT2D eigenvalue weighted by molar-refractivity contribution is 5.94. The molecule has 1 amide bonds. The van der Waals surface area contributed by atoms with E-state index in [4.69, 9.17) is 0 Å². The minimum absolute atomic E-state index is 0.00467. The van der Waals surface area contributed by atoms with E-state index in [0.717, 1.165) is 13.0 Å². The van der Waals surface area contributed by atoms with E-state index in [1.54, 1.807) is 0 Å². The van der Waals surface area contributed by atoms with Crippen molar-refractivity contribution < 1.29 is 4.79 Å². The molecule has 3 heteroatoms. The Morgan fingerprint density at radius 3 is 2.60 bits per heavy atom. The summed E-state index contributed by atoms with van der Waals surface area (Å²) in [6.07, 6.45) is 0.937. The third-order valence-electron chi connectivity index (χ3n) is 3.82. The molecule has 1 aliphatic heterocycles. The summed E-state index contributed by atoms with van der Waals surface area (Å²) in [6, 6.07) is 17.7. The van der Waals surface area contributed by atoms with Gasteiger partial charge in [-0.25, -0.2) is 0 Å². The van der Waals surface area contributed by atoms with Crippen LogP contribution < -0.4 is 10.2 Å². The molecular formula is C17H18N2O. The third-order valence-corrected chi connectivity index (χ3v) is 3.82. The Kier molecular flexibility index (Phi) is 3.42. The molecule has 0 saturated heterocycles. The van der Waals surface area contributed by atoms with Crippen molar-refractivity contribution in [3.8, 4) is 0 Å². The van der Waals surface area contributed by atoms with Gasteiger partial charge in [-0.05, 0) is 30.2 Å². The van der Waals surface area contributed by atoms with E-state index in [2.05, 4.69) is 29.4 Å². The Bertz CT molecular complexity index is 609. The van der Waals surface area contributed by atoms with Crippen molar-refractivity contribution in [2.75, 3.05) is 18.5 Å². The summed E-state index contributed by atoms with van der Waals surface area (Å²) in [6.45, 7) is 0.955. The minimum Gasteiger partial charge on any atom is -0.374 e. The molecule has 0 aliphatic carbocycles. The number of nitrogens with zero attached hydrogens (tertiary/aromatic N) is 1. The van der Waals surface area contributed by atoms with E-state index in [0.29, 0.717) is 5.56 Å². The topological polar surface area (TPSA) is 32.3 Å². The van der Waals surface area contributed by atoms with Crippen LogP contribution in [-0.4, -0.2) is 19.5 Å². The molecule has 3 nitrogen and oxygen atoms in total. The molecule has 1 heterocycles. The monoisotopic (exact) mass is 266 g/mol. The summed E-state index contributed by atoms with van der Waals surface area (Å²) >= 11 is 0. The van der Waals surface area contributed by atoms with E-state index in [1.807, 2.05) is 42.5 Å². The highest BCUT2D eigenvalue weighted by Crippen LogP contribution is 2.32.